The summed E-state index contributed by atoms with van der Waals surface area (Å²) >= 11 is 5.00. The highest BCUT2D eigenvalue weighted by Gasteiger charge is 2.35. The summed E-state index contributed by atoms with van der Waals surface area (Å²) < 4.78 is 12.2. The van der Waals surface area contributed by atoms with Gasteiger partial charge < -0.3 is 4.90 Å². The first-order chi connectivity index (χ1) is 9.50. The first-order valence-corrected chi connectivity index (χ1v) is 8.12. The SMILES string of the molecule is CCC(=O)C1=NC(Br)(SC)N(c2ccc(F)cc2)C=C1. The number of nitrogens with zero attached hydrogens (tertiary/aromatic N) is 2. The normalized spacial score (nSPS) is 21.8. The zero-order valence-electron chi connectivity index (χ0n) is 11.1. The molecule has 0 aromatic heterocycles. The Morgan fingerprint density at radius 3 is 2.65 bits per heavy atom. The van der Waals surface area contributed by atoms with Crippen LogP contribution in [0.2, 0.25) is 0 Å². The molecule has 1 heterocycles. The van der Waals surface area contributed by atoms with Crippen LogP contribution in [0.3, 0.4) is 0 Å². The van der Waals surface area contributed by atoms with Crippen molar-refractivity contribution in [2.45, 2.75) is 17.2 Å². The molecule has 1 aliphatic heterocycles. The van der Waals surface area contributed by atoms with E-state index in [2.05, 4.69) is 20.9 Å². The molecule has 1 unspecified atom stereocenters. The summed E-state index contributed by atoms with van der Waals surface area (Å²) in [6, 6.07) is 6.14. The minimum absolute atomic E-state index is 0.00196. The number of Topliss-reactive ketones (excluding diaryl/α,β-unsaturated/α-hetero) is 1. The van der Waals surface area contributed by atoms with Crippen molar-refractivity contribution in [3.8, 4) is 0 Å². The lowest BCUT2D eigenvalue weighted by molar-refractivity contribution is -0.112. The topological polar surface area (TPSA) is 32.7 Å². The van der Waals surface area contributed by atoms with E-state index in [1.54, 1.807) is 31.3 Å². The van der Waals surface area contributed by atoms with Gasteiger partial charge in [0.2, 0.25) is 3.90 Å². The number of carbonyl (C=O) groups is 1. The molecule has 2 rings (SSSR count). The van der Waals surface area contributed by atoms with E-state index < -0.39 is 3.90 Å². The molecule has 106 valence electrons. The maximum Gasteiger partial charge on any atom is 0.241 e. The van der Waals surface area contributed by atoms with Crippen molar-refractivity contribution >= 4 is 44.9 Å². The third-order valence-electron chi connectivity index (χ3n) is 2.91. The van der Waals surface area contributed by atoms with Gasteiger partial charge in [-0.3, -0.25) is 4.79 Å². The van der Waals surface area contributed by atoms with Crippen molar-refractivity contribution < 1.29 is 9.18 Å². The fourth-order valence-corrected chi connectivity index (χ4v) is 2.87. The quantitative estimate of drug-likeness (QED) is 0.604. The second kappa shape index (κ2) is 6.10. The van der Waals surface area contributed by atoms with Gasteiger partial charge in [0.25, 0.3) is 0 Å². The molecule has 0 saturated carbocycles. The lowest BCUT2D eigenvalue weighted by Gasteiger charge is -2.36. The molecule has 0 N–H and O–H groups in total. The van der Waals surface area contributed by atoms with Crippen LogP contribution in [-0.2, 0) is 4.79 Å². The number of carbonyl (C=O) groups excluding carboxylic acids is 1. The van der Waals surface area contributed by atoms with E-state index >= 15 is 0 Å². The molecule has 0 radical (unpaired) electrons. The van der Waals surface area contributed by atoms with E-state index in [0.717, 1.165) is 5.69 Å². The van der Waals surface area contributed by atoms with Crippen molar-refractivity contribution in [3.05, 3.63) is 42.4 Å². The van der Waals surface area contributed by atoms with Gasteiger partial charge in [-0.1, -0.05) is 6.92 Å². The Morgan fingerprint density at radius 1 is 1.45 bits per heavy atom. The van der Waals surface area contributed by atoms with Crippen LogP contribution in [-0.4, -0.2) is 21.7 Å². The lowest BCUT2D eigenvalue weighted by Crippen LogP contribution is -2.40. The summed E-state index contributed by atoms with van der Waals surface area (Å²) in [7, 11) is 0. The number of hydrogen-bond donors (Lipinski definition) is 0. The fourth-order valence-electron chi connectivity index (χ4n) is 1.80. The van der Waals surface area contributed by atoms with Crippen molar-refractivity contribution in [2.24, 2.45) is 4.99 Å². The van der Waals surface area contributed by atoms with Crippen LogP contribution < -0.4 is 4.90 Å². The molecule has 1 aromatic rings. The van der Waals surface area contributed by atoms with E-state index in [0.29, 0.717) is 12.1 Å². The van der Waals surface area contributed by atoms with Crippen molar-refractivity contribution in [1.82, 2.24) is 0 Å². The molecule has 1 aromatic carbocycles. The Morgan fingerprint density at radius 2 is 2.10 bits per heavy atom. The van der Waals surface area contributed by atoms with Gasteiger partial charge >= 0.3 is 0 Å². The van der Waals surface area contributed by atoms with Gasteiger partial charge in [-0.15, -0.1) is 11.8 Å². The number of anilines is 1. The second-order valence-electron chi connectivity index (χ2n) is 4.17. The number of halogens is 2. The third-order valence-corrected chi connectivity index (χ3v) is 5.25. The molecule has 0 aliphatic carbocycles. The first kappa shape index (κ1) is 15.3. The van der Waals surface area contributed by atoms with E-state index in [1.165, 1.54) is 23.9 Å². The number of allylic oxidation sites excluding steroid dienone is 1. The molecule has 3 nitrogen and oxygen atoms in total. The highest BCUT2D eigenvalue weighted by Crippen LogP contribution is 2.41. The second-order valence-corrected chi connectivity index (χ2v) is 6.78. The smallest absolute Gasteiger partial charge is 0.241 e. The predicted octanol–water partition coefficient (Wildman–Crippen LogP) is 3.95. The van der Waals surface area contributed by atoms with Gasteiger partial charge in [0.1, 0.15) is 11.5 Å². The van der Waals surface area contributed by atoms with Gasteiger partial charge in [0, 0.05) is 18.3 Å². The van der Waals surface area contributed by atoms with Crippen LogP contribution in [0.4, 0.5) is 10.1 Å². The molecule has 0 fully saturated rings. The van der Waals surface area contributed by atoms with Crippen LogP contribution in [0.1, 0.15) is 13.3 Å². The Hall–Kier alpha value is -1.14. The molecule has 0 spiro atoms. The largest absolute Gasteiger partial charge is 0.305 e. The zero-order chi connectivity index (χ0) is 14.8. The van der Waals surface area contributed by atoms with Gasteiger partial charge in [-0.2, -0.15) is 0 Å². The standard InChI is InChI=1S/C14H14BrFN2OS/c1-3-13(19)12-8-9-18(14(15,17-12)20-2)11-6-4-10(16)5-7-11/h4-9H,3H2,1-2H3. The number of rotatable bonds is 4. The fraction of sp³-hybridized carbons (Fsp3) is 0.286. The maximum atomic E-state index is 13.0. The summed E-state index contributed by atoms with van der Waals surface area (Å²) in [4.78, 5) is 18.1. The van der Waals surface area contributed by atoms with Crippen LogP contribution in [0, 0.1) is 5.82 Å². The molecule has 0 saturated heterocycles. The summed E-state index contributed by atoms with van der Waals surface area (Å²) in [6.45, 7) is 1.81. The average molecular weight is 357 g/mol. The summed E-state index contributed by atoms with van der Waals surface area (Å²) in [5, 5.41) is 0. The first-order valence-electron chi connectivity index (χ1n) is 6.10. The van der Waals surface area contributed by atoms with Crippen LogP contribution in [0.5, 0.6) is 0 Å². The molecule has 0 amide bonds. The highest BCUT2D eigenvalue weighted by atomic mass is 79.9. The van der Waals surface area contributed by atoms with E-state index in [4.69, 9.17) is 0 Å². The van der Waals surface area contributed by atoms with Gasteiger partial charge in [0.15, 0.2) is 5.78 Å². The molecule has 1 aliphatic rings. The average Bonchev–Trinajstić information content (AvgIpc) is 2.47. The Labute approximate surface area is 130 Å². The molecular formula is C14H14BrFN2OS. The summed E-state index contributed by atoms with van der Waals surface area (Å²) in [6.07, 6.45) is 5.78. The monoisotopic (exact) mass is 356 g/mol. The van der Waals surface area contributed by atoms with Gasteiger partial charge in [-0.05, 0) is 52.5 Å². The third kappa shape index (κ3) is 2.96. The molecule has 6 heteroatoms. The van der Waals surface area contributed by atoms with Crippen molar-refractivity contribution in [1.29, 1.82) is 0 Å². The van der Waals surface area contributed by atoms with Gasteiger partial charge in [0.05, 0.1) is 0 Å². The number of alkyl halides is 1. The Bertz CT molecular complexity index is 573. The molecular weight excluding hydrogens is 343 g/mol. The Balaban J connectivity index is 2.37. The van der Waals surface area contributed by atoms with E-state index in [1.807, 2.05) is 11.2 Å². The predicted molar refractivity (Wildman–Crippen MR) is 85.9 cm³/mol. The van der Waals surface area contributed by atoms with Crippen molar-refractivity contribution in [3.63, 3.8) is 0 Å². The summed E-state index contributed by atoms with van der Waals surface area (Å²) in [5.74, 6) is -0.290. The van der Waals surface area contributed by atoms with E-state index in [9.17, 15) is 9.18 Å². The number of thioether (sulfide) groups is 1. The van der Waals surface area contributed by atoms with Crippen molar-refractivity contribution in [2.75, 3.05) is 11.2 Å². The number of ketones is 1. The zero-order valence-corrected chi connectivity index (χ0v) is 13.5. The van der Waals surface area contributed by atoms with Crippen LogP contribution in [0.25, 0.3) is 0 Å². The minimum atomic E-state index is -0.792. The summed E-state index contributed by atoms with van der Waals surface area (Å²) in [5.41, 5.74) is 1.23. The van der Waals surface area contributed by atoms with Crippen LogP contribution >= 0.6 is 27.7 Å². The minimum Gasteiger partial charge on any atom is -0.305 e. The Kier molecular flexibility index (Phi) is 4.65. The number of benzene rings is 1. The number of hydrogen-bond acceptors (Lipinski definition) is 4. The molecule has 0 bridgehead atoms. The van der Waals surface area contributed by atoms with E-state index in [-0.39, 0.29) is 11.6 Å². The highest BCUT2D eigenvalue weighted by molar-refractivity contribution is 9.12. The number of aliphatic imine (C=N–C) groups is 1. The maximum absolute atomic E-state index is 13.0. The molecule has 1 atom stereocenters. The van der Waals surface area contributed by atoms with Gasteiger partial charge in [-0.25, -0.2) is 9.38 Å². The van der Waals surface area contributed by atoms with Crippen LogP contribution in [0.15, 0.2) is 41.5 Å². The lowest BCUT2D eigenvalue weighted by atomic mass is 10.2. The molecule has 20 heavy (non-hydrogen) atoms.